The Kier molecular flexibility index (Phi) is 4.41. The van der Waals surface area contributed by atoms with Crippen molar-refractivity contribution < 1.29 is 4.79 Å². The zero-order valence-electron chi connectivity index (χ0n) is 13.5. The van der Waals surface area contributed by atoms with Crippen molar-refractivity contribution in [3.05, 3.63) is 29.2 Å². The quantitative estimate of drug-likeness (QED) is 0.876. The van der Waals surface area contributed by atoms with Gasteiger partial charge in [0, 0.05) is 25.0 Å². The Morgan fingerprint density at radius 1 is 1.14 bits per heavy atom. The van der Waals surface area contributed by atoms with Crippen molar-refractivity contribution in [3.63, 3.8) is 0 Å². The molecule has 0 unspecified atom stereocenters. The molecule has 1 aliphatic rings. The molecule has 0 aromatic carbocycles. The number of nitrogens with zero attached hydrogens (tertiary/aromatic N) is 4. The molecule has 0 atom stereocenters. The van der Waals surface area contributed by atoms with Gasteiger partial charge in [-0.3, -0.25) is 4.79 Å². The minimum atomic E-state index is 0.0262. The van der Waals surface area contributed by atoms with Crippen LogP contribution in [0.4, 0.5) is 0 Å². The van der Waals surface area contributed by atoms with Gasteiger partial charge in [0.25, 0.3) is 5.91 Å². The lowest BCUT2D eigenvalue weighted by molar-refractivity contribution is 0.0774. The fraction of sp³-hybridized carbons (Fsp3) is 0.588. The lowest BCUT2D eigenvalue weighted by atomic mass is 9.98. The van der Waals surface area contributed by atoms with E-state index in [0.29, 0.717) is 24.3 Å². The van der Waals surface area contributed by atoms with E-state index < -0.39 is 0 Å². The molecule has 1 aliphatic carbocycles. The van der Waals surface area contributed by atoms with Crippen LogP contribution in [0.25, 0.3) is 5.65 Å². The molecule has 5 heteroatoms. The third kappa shape index (κ3) is 2.60. The number of aromatic nitrogens is 3. The molecule has 22 heavy (non-hydrogen) atoms. The number of hydrogen-bond donors (Lipinski definition) is 0. The Labute approximate surface area is 131 Å². The van der Waals surface area contributed by atoms with Gasteiger partial charge in [-0.15, -0.1) is 0 Å². The second kappa shape index (κ2) is 6.46. The van der Waals surface area contributed by atoms with Crippen LogP contribution >= 0.6 is 0 Å². The molecule has 0 spiro atoms. The van der Waals surface area contributed by atoms with E-state index in [2.05, 4.69) is 10.1 Å². The molecular formula is C17H24N4O. The summed E-state index contributed by atoms with van der Waals surface area (Å²) in [5, 5.41) is 4.48. The van der Waals surface area contributed by atoms with Crippen molar-refractivity contribution in [2.75, 3.05) is 13.1 Å². The van der Waals surface area contributed by atoms with Crippen LogP contribution in [0.15, 0.2) is 12.4 Å². The summed E-state index contributed by atoms with van der Waals surface area (Å²) in [6, 6.07) is 0. The van der Waals surface area contributed by atoms with E-state index in [1.807, 2.05) is 29.5 Å². The number of carbonyl (C=O) groups excluding carboxylic acids is 1. The standard InChI is InChI=1S/C17H24N4O/c1-3-20(4-2)17(22)14-12-19-21-15-10-8-6-5-7-9-13(15)11-18-16(14)21/h11-12H,3-10H2,1-2H3. The third-order valence-corrected chi connectivity index (χ3v) is 4.60. The van der Waals surface area contributed by atoms with Crippen LogP contribution in [-0.2, 0) is 12.8 Å². The summed E-state index contributed by atoms with van der Waals surface area (Å²) in [6.45, 7) is 5.40. The zero-order chi connectivity index (χ0) is 15.5. The molecule has 2 aromatic heterocycles. The van der Waals surface area contributed by atoms with E-state index in [1.165, 1.54) is 36.9 Å². The number of rotatable bonds is 3. The second-order valence-electron chi connectivity index (χ2n) is 5.92. The summed E-state index contributed by atoms with van der Waals surface area (Å²) in [6.07, 6.45) is 10.7. The molecule has 118 valence electrons. The SMILES string of the molecule is CCN(CC)C(=O)c1cnn2c3c(cnc12)CCCCCC3. The van der Waals surface area contributed by atoms with Gasteiger partial charge in [0.1, 0.15) is 5.56 Å². The van der Waals surface area contributed by atoms with Gasteiger partial charge in [0.15, 0.2) is 5.65 Å². The first kappa shape index (κ1) is 15.0. The highest BCUT2D eigenvalue weighted by atomic mass is 16.2. The van der Waals surface area contributed by atoms with Gasteiger partial charge in [-0.1, -0.05) is 12.8 Å². The maximum Gasteiger partial charge on any atom is 0.259 e. The maximum atomic E-state index is 12.6. The van der Waals surface area contributed by atoms with Crippen molar-refractivity contribution >= 4 is 11.6 Å². The van der Waals surface area contributed by atoms with E-state index in [4.69, 9.17) is 0 Å². The predicted octanol–water partition coefficient (Wildman–Crippen LogP) is 2.87. The molecule has 3 rings (SSSR count). The van der Waals surface area contributed by atoms with Gasteiger partial charge >= 0.3 is 0 Å². The highest BCUT2D eigenvalue weighted by molar-refractivity contribution is 5.99. The van der Waals surface area contributed by atoms with Gasteiger partial charge in [-0.2, -0.15) is 5.10 Å². The van der Waals surface area contributed by atoms with E-state index in [0.717, 1.165) is 12.8 Å². The van der Waals surface area contributed by atoms with Gasteiger partial charge < -0.3 is 4.90 Å². The average Bonchev–Trinajstić information content (AvgIpc) is 2.92. The molecule has 0 aliphatic heterocycles. The van der Waals surface area contributed by atoms with Crippen LogP contribution < -0.4 is 0 Å². The summed E-state index contributed by atoms with van der Waals surface area (Å²) in [4.78, 5) is 19.0. The highest BCUT2D eigenvalue weighted by Crippen LogP contribution is 2.22. The molecule has 5 nitrogen and oxygen atoms in total. The first-order valence-electron chi connectivity index (χ1n) is 8.40. The van der Waals surface area contributed by atoms with Crippen molar-refractivity contribution in [1.29, 1.82) is 0 Å². The first-order chi connectivity index (χ1) is 10.8. The lowest BCUT2D eigenvalue weighted by Gasteiger charge is -2.18. The molecule has 2 aromatic rings. The molecule has 0 saturated heterocycles. The van der Waals surface area contributed by atoms with Gasteiger partial charge in [0.2, 0.25) is 0 Å². The van der Waals surface area contributed by atoms with Crippen LogP contribution in [0.5, 0.6) is 0 Å². The number of carbonyl (C=O) groups is 1. The van der Waals surface area contributed by atoms with Crippen molar-refractivity contribution in [1.82, 2.24) is 19.5 Å². The smallest absolute Gasteiger partial charge is 0.259 e. The van der Waals surface area contributed by atoms with Crippen molar-refractivity contribution in [3.8, 4) is 0 Å². The van der Waals surface area contributed by atoms with Gasteiger partial charge in [-0.05, 0) is 45.1 Å². The van der Waals surface area contributed by atoms with Crippen LogP contribution in [0, 0.1) is 0 Å². The zero-order valence-corrected chi connectivity index (χ0v) is 13.5. The fourth-order valence-corrected chi connectivity index (χ4v) is 3.28. The van der Waals surface area contributed by atoms with Gasteiger partial charge in [-0.25, -0.2) is 9.50 Å². The molecule has 0 radical (unpaired) electrons. The molecule has 0 fully saturated rings. The van der Waals surface area contributed by atoms with Crippen LogP contribution in [-0.4, -0.2) is 38.5 Å². The van der Waals surface area contributed by atoms with E-state index in [-0.39, 0.29) is 5.91 Å². The van der Waals surface area contributed by atoms with E-state index >= 15 is 0 Å². The Balaban J connectivity index is 2.05. The molecule has 0 N–H and O–H groups in total. The monoisotopic (exact) mass is 300 g/mol. The molecular weight excluding hydrogens is 276 g/mol. The number of aryl methyl sites for hydroxylation is 2. The fourth-order valence-electron chi connectivity index (χ4n) is 3.28. The topological polar surface area (TPSA) is 50.5 Å². The largest absolute Gasteiger partial charge is 0.339 e. The number of amides is 1. The summed E-state index contributed by atoms with van der Waals surface area (Å²) in [5.41, 5.74) is 3.85. The maximum absolute atomic E-state index is 12.6. The van der Waals surface area contributed by atoms with E-state index in [9.17, 15) is 4.79 Å². The number of fused-ring (bicyclic) bond motifs is 3. The van der Waals surface area contributed by atoms with E-state index in [1.54, 1.807) is 6.20 Å². The Morgan fingerprint density at radius 2 is 1.86 bits per heavy atom. The van der Waals surface area contributed by atoms with Crippen LogP contribution in [0.3, 0.4) is 0 Å². The summed E-state index contributed by atoms with van der Waals surface area (Å²) >= 11 is 0. The Bertz CT molecular complexity index is 673. The lowest BCUT2D eigenvalue weighted by Crippen LogP contribution is -2.30. The minimum absolute atomic E-state index is 0.0262. The molecule has 0 saturated carbocycles. The summed E-state index contributed by atoms with van der Waals surface area (Å²) in [7, 11) is 0. The van der Waals surface area contributed by atoms with Crippen molar-refractivity contribution in [2.24, 2.45) is 0 Å². The van der Waals surface area contributed by atoms with Crippen molar-refractivity contribution in [2.45, 2.75) is 52.4 Å². The molecule has 1 amide bonds. The number of hydrogen-bond acceptors (Lipinski definition) is 3. The Morgan fingerprint density at radius 3 is 2.59 bits per heavy atom. The normalized spacial score (nSPS) is 15.2. The van der Waals surface area contributed by atoms with Crippen LogP contribution in [0.2, 0.25) is 0 Å². The summed E-state index contributed by atoms with van der Waals surface area (Å²) in [5.74, 6) is 0.0262. The summed E-state index contributed by atoms with van der Waals surface area (Å²) < 4.78 is 1.90. The minimum Gasteiger partial charge on any atom is -0.339 e. The predicted molar refractivity (Wildman–Crippen MR) is 86.1 cm³/mol. The van der Waals surface area contributed by atoms with Gasteiger partial charge in [0.05, 0.1) is 6.20 Å². The second-order valence-corrected chi connectivity index (χ2v) is 5.92. The highest BCUT2D eigenvalue weighted by Gasteiger charge is 2.21. The first-order valence-corrected chi connectivity index (χ1v) is 8.40. The molecule has 0 bridgehead atoms. The average molecular weight is 300 g/mol. The third-order valence-electron chi connectivity index (χ3n) is 4.60. The Hall–Kier alpha value is -1.91. The van der Waals surface area contributed by atoms with Crippen LogP contribution in [0.1, 0.15) is 61.1 Å². The molecule has 2 heterocycles.